The standard InChI is InChI=1S/C22H31N9O2/c1-14(2)29-12-19(24-13-29)26-20-17-6-4-8-31(17)28-22(27-20)30-11-16(32)9-18(30)21(33)25-15-5-3-7-23-10-15/h4,6,8,12-16,18,23,32H,3,5,7,9-11H2,1-2H3,(H,25,33)(H,26,27,28)/t15?,16-,18-/m0/s1. The summed E-state index contributed by atoms with van der Waals surface area (Å²) in [4.78, 5) is 24.1. The molecule has 5 rings (SSSR count). The highest BCUT2D eigenvalue weighted by molar-refractivity contribution is 5.86. The third-order valence-electron chi connectivity index (χ3n) is 6.31. The van der Waals surface area contributed by atoms with Crippen molar-refractivity contribution in [3.63, 3.8) is 0 Å². The van der Waals surface area contributed by atoms with Crippen LogP contribution in [0.15, 0.2) is 30.9 Å². The Balaban J connectivity index is 1.42. The molecule has 11 nitrogen and oxygen atoms in total. The average molecular weight is 454 g/mol. The number of amides is 1. The van der Waals surface area contributed by atoms with E-state index in [1.165, 1.54) is 0 Å². The lowest BCUT2D eigenvalue weighted by atomic mass is 10.1. The van der Waals surface area contributed by atoms with E-state index in [0.717, 1.165) is 31.4 Å². The summed E-state index contributed by atoms with van der Waals surface area (Å²) in [6.45, 7) is 6.23. The summed E-state index contributed by atoms with van der Waals surface area (Å²) in [5.74, 6) is 1.57. The van der Waals surface area contributed by atoms with Gasteiger partial charge >= 0.3 is 0 Å². The molecule has 2 aliphatic heterocycles. The molecule has 4 N–H and O–H groups in total. The number of aliphatic hydroxyl groups is 1. The van der Waals surface area contributed by atoms with Gasteiger partial charge in [-0.1, -0.05) is 0 Å². The number of aromatic nitrogens is 5. The SMILES string of the molecule is CC(C)n1cnc(Nc2nc(N3C[C@@H](O)C[C@H]3C(=O)NC3CCCNC3)nn3cccc23)c1. The minimum Gasteiger partial charge on any atom is -0.391 e. The first kappa shape index (κ1) is 21.7. The van der Waals surface area contributed by atoms with Crippen LogP contribution >= 0.6 is 0 Å². The van der Waals surface area contributed by atoms with Gasteiger partial charge in [0, 0.05) is 44.0 Å². The van der Waals surface area contributed by atoms with Crippen molar-refractivity contribution in [1.29, 1.82) is 0 Å². The zero-order chi connectivity index (χ0) is 22.9. The minimum absolute atomic E-state index is 0.0957. The van der Waals surface area contributed by atoms with Crippen LogP contribution in [-0.4, -0.2) is 73.0 Å². The predicted molar refractivity (Wildman–Crippen MR) is 125 cm³/mol. The summed E-state index contributed by atoms with van der Waals surface area (Å²) in [6, 6.07) is 3.69. The molecule has 3 atom stereocenters. The Hall–Kier alpha value is -3.18. The first-order valence-electron chi connectivity index (χ1n) is 11.6. The number of rotatable bonds is 6. The Labute approximate surface area is 192 Å². The number of fused-ring (bicyclic) bond motifs is 1. The molecular formula is C22H31N9O2. The van der Waals surface area contributed by atoms with E-state index in [4.69, 9.17) is 4.98 Å². The van der Waals surface area contributed by atoms with Crippen molar-refractivity contribution in [3.8, 4) is 0 Å². The van der Waals surface area contributed by atoms with Crippen LogP contribution in [0.3, 0.4) is 0 Å². The molecule has 1 unspecified atom stereocenters. The number of nitrogens with zero attached hydrogens (tertiary/aromatic N) is 6. The van der Waals surface area contributed by atoms with Gasteiger partial charge < -0.3 is 30.5 Å². The van der Waals surface area contributed by atoms with E-state index in [-0.39, 0.29) is 11.9 Å². The van der Waals surface area contributed by atoms with Crippen molar-refractivity contribution in [2.75, 3.05) is 29.9 Å². The fourth-order valence-electron chi connectivity index (χ4n) is 4.50. The molecule has 0 aromatic carbocycles. The Kier molecular flexibility index (Phi) is 5.90. The first-order chi connectivity index (χ1) is 16.0. The number of anilines is 3. The molecule has 1 amide bonds. The summed E-state index contributed by atoms with van der Waals surface area (Å²) in [6.07, 6.45) is 7.27. The molecule has 0 saturated carbocycles. The van der Waals surface area contributed by atoms with Crippen molar-refractivity contribution < 1.29 is 9.90 Å². The number of carbonyl (C=O) groups excluding carboxylic acids is 1. The molecule has 0 bridgehead atoms. The number of hydrogen-bond acceptors (Lipinski definition) is 8. The monoisotopic (exact) mass is 453 g/mol. The van der Waals surface area contributed by atoms with E-state index >= 15 is 0 Å². The Morgan fingerprint density at radius 1 is 1.36 bits per heavy atom. The summed E-state index contributed by atoms with van der Waals surface area (Å²) in [7, 11) is 0. The largest absolute Gasteiger partial charge is 0.391 e. The van der Waals surface area contributed by atoms with Gasteiger partial charge in [0.1, 0.15) is 17.4 Å². The second-order valence-electron chi connectivity index (χ2n) is 9.13. The molecule has 33 heavy (non-hydrogen) atoms. The third-order valence-corrected chi connectivity index (χ3v) is 6.31. The highest BCUT2D eigenvalue weighted by Gasteiger charge is 2.38. The quantitative estimate of drug-likeness (QED) is 0.437. The molecule has 3 aromatic rings. The van der Waals surface area contributed by atoms with Gasteiger partial charge in [-0.15, -0.1) is 5.10 Å². The van der Waals surface area contributed by atoms with Crippen LogP contribution in [0, 0.1) is 0 Å². The van der Waals surface area contributed by atoms with Gasteiger partial charge in [0.25, 0.3) is 0 Å². The van der Waals surface area contributed by atoms with Crippen LogP contribution in [0.5, 0.6) is 0 Å². The van der Waals surface area contributed by atoms with Crippen molar-refractivity contribution >= 4 is 29.0 Å². The third kappa shape index (κ3) is 4.51. The van der Waals surface area contributed by atoms with Gasteiger partial charge in [0.05, 0.1) is 12.4 Å². The number of hydrogen-bond donors (Lipinski definition) is 4. The smallest absolute Gasteiger partial charge is 0.246 e. The zero-order valence-electron chi connectivity index (χ0n) is 19.0. The van der Waals surface area contributed by atoms with Crippen molar-refractivity contribution in [2.24, 2.45) is 0 Å². The molecule has 11 heteroatoms. The van der Waals surface area contributed by atoms with Crippen LogP contribution in [-0.2, 0) is 4.79 Å². The summed E-state index contributed by atoms with van der Waals surface area (Å²) >= 11 is 0. The van der Waals surface area contributed by atoms with Crippen molar-refractivity contribution in [3.05, 3.63) is 30.9 Å². The number of aliphatic hydroxyl groups excluding tert-OH is 1. The van der Waals surface area contributed by atoms with Crippen LogP contribution < -0.4 is 20.9 Å². The molecule has 0 radical (unpaired) electrons. The Bertz CT molecular complexity index is 1120. The molecule has 5 heterocycles. The number of imidazole rings is 1. The fraction of sp³-hybridized carbons (Fsp3) is 0.545. The first-order valence-corrected chi connectivity index (χ1v) is 11.6. The number of carbonyl (C=O) groups is 1. The van der Waals surface area contributed by atoms with Crippen LogP contribution in [0.1, 0.15) is 39.2 Å². The number of nitrogens with one attached hydrogen (secondary N) is 3. The summed E-state index contributed by atoms with van der Waals surface area (Å²) in [5, 5.41) is 24.8. The minimum atomic E-state index is -0.618. The molecule has 176 valence electrons. The topological polar surface area (TPSA) is 125 Å². The van der Waals surface area contributed by atoms with E-state index in [1.54, 1.807) is 15.7 Å². The maximum Gasteiger partial charge on any atom is 0.246 e. The number of piperidine rings is 1. The Morgan fingerprint density at radius 2 is 2.24 bits per heavy atom. The lowest BCUT2D eigenvalue weighted by Crippen LogP contribution is -2.51. The highest BCUT2D eigenvalue weighted by Crippen LogP contribution is 2.27. The van der Waals surface area contributed by atoms with Gasteiger partial charge in [-0.3, -0.25) is 4.79 Å². The van der Waals surface area contributed by atoms with Crippen molar-refractivity contribution in [1.82, 2.24) is 34.8 Å². The lowest BCUT2D eigenvalue weighted by molar-refractivity contribution is -0.123. The van der Waals surface area contributed by atoms with E-state index in [2.05, 4.69) is 39.9 Å². The molecule has 0 aliphatic carbocycles. The zero-order valence-corrected chi connectivity index (χ0v) is 19.0. The molecular weight excluding hydrogens is 422 g/mol. The van der Waals surface area contributed by atoms with Gasteiger partial charge in [0.2, 0.25) is 11.9 Å². The summed E-state index contributed by atoms with van der Waals surface area (Å²) in [5.41, 5.74) is 0.798. The van der Waals surface area contributed by atoms with Crippen LogP contribution in [0.4, 0.5) is 17.6 Å². The maximum atomic E-state index is 13.1. The highest BCUT2D eigenvalue weighted by atomic mass is 16.3. The van der Waals surface area contributed by atoms with Crippen molar-refractivity contribution in [2.45, 2.75) is 57.3 Å². The van der Waals surface area contributed by atoms with E-state index < -0.39 is 12.1 Å². The van der Waals surface area contributed by atoms with Gasteiger partial charge in [0.15, 0.2) is 5.82 Å². The normalized spacial score (nSPS) is 23.4. The second-order valence-corrected chi connectivity index (χ2v) is 9.13. The van der Waals surface area contributed by atoms with Gasteiger partial charge in [-0.05, 0) is 45.4 Å². The van der Waals surface area contributed by atoms with E-state index in [0.29, 0.717) is 36.6 Å². The molecule has 2 fully saturated rings. The number of β-amino-alcohol motifs (C(OH)–C–C–N with tert-alkyl or cyclic N) is 1. The van der Waals surface area contributed by atoms with Gasteiger partial charge in [-0.25, -0.2) is 9.50 Å². The second kappa shape index (κ2) is 8.99. The average Bonchev–Trinajstić information content (AvgIpc) is 3.53. The van der Waals surface area contributed by atoms with Crippen LogP contribution in [0.2, 0.25) is 0 Å². The molecule has 3 aromatic heterocycles. The van der Waals surface area contributed by atoms with Gasteiger partial charge in [-0.2, -0.15) is 4.98 Å². The Morgan fingerprint density at radius 3 is 3.00 bits per heavy atom. The maximum absolute atomic E-state index is 13.1. The lowest BCUT2D eigenvalue weighted by Gasteiger charge is -2.28. The molecule has 0 spiro atoms. The summed E-state index contributed by atoms with van der Waals surface area (Å²) < 4.78 is 3.74. The van der Waals surface area contributed by atoms with Crippen LogP contribution in [0.25, 0.3) is 5.52 Å². The molecule has 2 saturated heterocycles. The fourth-order valence-corrected chi connectivity index (χ4v) is 4.50. The van der Waals surface area contributed by atoms with E-state index in [9.17, 15) is 9.90 Å². The van der Waals surface area contributed by atoms with E-state index in [1.807, 2.05) is 29.1 Å². The predicted octanol–water partition coefficient (Wildman–Crippen LogP) is 1.06. The molecule has 2 aliphatic rings.